The second-order valence-corrected chi connectivity index (χ2v) is 5.66. The lowest BCUT2D eigenvalue weighted by Crippen LogP contribution is -2.42. The van der Waals surface area contributed by atoms with Gasteiger partial charge in [0.05, 0.1) is 0 Å². The number of halogens is 1. The van der Waals surface area contributed by atoms with E-state index in [0.717, 1.165) is 24.7 Å². The van der Waals surface area contributed by atoms with Crippen molar-refractivity contribution in [1.82, 2.24) is 5.32 Å². The van der Waals surface area contributed by atoms with Crippen molar-refractivity contribution in [2.24, 2.45) is 5.92 Å². The molecule has 0 aliphatic carbocycles. The van der Waals surface area contributed by atoms with Crippen molar-refractivity contribution in [2.75, 3.05) is 24.5 Å². The summed E-state index contributed by atoms with van der Waals surface area (Å²) in [6, 6.07) is 8.78. The molecule has 0 amide bonds. The minimum absolute atomic E-state index is 0.580. The molecule has 1 saturated heterocycles. The lowest BCUT2D eigenvalue weighted by molar-refractivity contribution is 0.384. The molecule has 1 heterocycles. The van der Waals surface area contributed by atoms with Crippen LogP contribution < -0.4 is 10.2 Å². The summed E-state index contributed by atoms with van der Waals surface area (Å²) in [6.45, 7) is 7.90. The fourth-order valence-corrected chi connectivity index (χ4v) is 2.71. The first-order valence-corrected chi connectivity index (χ1v) is 7.32. The van der Waals surface area contributed by atoms with E-state index in [-0.39, 0.29) is 0 Å². The molecule has 0 spiro atoms. The van der Waals surface area contributed by atoms with Crippen molar-refractivity contribution < 1.29 is 0 Å². The Morgan fingerprint density at radius 2 is 2.33 bits per heavy atom. The van der Waals surface area contributed by atoms with Gasteiger partial charge in [0, 0.05) is 29.8 Å². The van der Waals surface area contributed by atoms with Gasteiger partial charge < -0.3 is 10.2 Å². The molecule has 3 heteroatoms. The summed E-state index contributed by atoms with van der Waals surface area (Å²) in [5.74, 6) is 0.713. The van der Waals surface area contributed by atoms with E-state index < -0.39 is 0 Å². The first-order valence-electron chi connectivity index (χ1n) is 6.94. The van der Waals surface area contributed by atoms with Crippen LogP contribution in [0.5, 0.6) is 0 Å². The van der Waals surface area contributed by atoms with Crippen LogP contribution in [0.1, 0.15) is 26.7 Å². The van der Waals surface area contributed by atoms with Crippen LogP contribution in [0.3, 0.4) is 0 Å². The van der Waals surface area contributed by atoms with Gasteiger partial charge in [-0.3, -0.25) is 0 Å². The average molecular weight is 267 g/mol. The van der Waals surface area contributed by atoms with Crippen LogP contribution in [-0.4, -0.2) is 25.7 Å². The van der Waals surface area contributed by atoms with Crippen molar-refractivity contribution >= 4 is 17.3 Å². The molecule has 2 unspecified atom stereocenters. The number of hydrogen-bond donors (Lipinski definition) is 1. The summed E-state index contributed by atoms with van der Waals surface area (Å²) in [4.78, 5) is 2.46. The minimum Gasteiger partial charge on any atom is -0.370 e. The SMILES string of the molecule is CCC(C)C1CN(c2cccc(Cl)c2)CCCN1. The zero-order chi connectivity index (χ0) is 13.0. The fraction of sp³-hybridized carbons (Fsp3) is 0.600. The normalized spacial score (nSPS) is 22.6. The van der Waals surface area contributed by atoms with Crippen LogP contribution >= 0.6 is 11.6 Å². The maximum absolute atomic E-state index is 6.09. The van der Waals surface area contributed by atoms with E-state index in [1.807, 2.05) is 12.1 Å². The van der Waals surface area contributed by atoms with Crippen LogP contribution in [0.2, 0.25) is 5.02 Å². The van der Waals surface area contributed by atoms with Gasteiger partial charge in [-0.05, 0) is 37.1 Å². The molecule has 1 aliphatic heterocycles. The molecule has 18 heavy (non-hydrogen) atoms. The zero-order valence-corrected chi connectivity index (χ0v) is 12.1. The quantitative estimate of drug-likeness (QED) is 0.900. The third kappa shape index (κ3) is 3.39. The second-order valence-electron chi connectivity index (χ2n) is 5.23. The topological polar surface area (TPSA) is 15.3 Å². The highest BCUT2D eigenvalue weighted by Gasteiger charge is 2.21. The highest BCUT2D eigenvalue weighted by Crippen LogP contribution is 2.22. The van der Waals surface area contributed by atoms with Crippen molar-refractivity contribution in [1.29, 1.82) is 0 Å². The van der Waals surface area contributed by atoms with E-state index in [2.05, 4.69) is 36.2 Å². The lowest BCUT2D eigenvalue weighted by Gasteiger charge is -2.29. The van der Waals surface area contributed by atoms with Crippen LogP contribution in [0.25, 0.3) is 0 Å². The highest BCUT2D eigenvalue weighted by molar-refractivity contribution is 6.30. The van der Waals surface area contributed by atoms with Gasteiger partial charge >= 0.3 is 0 Å². The monoisotopic (exact) mass is 266 g/mol. The molecule has 0 bridgehead atoms. The highest BCUT2D eigenvalue weighted by atomic mass is 35.5. The Morgan fingerprint density at radius 3 is 3.06 bits per heavy atom. The molecule has 0 aromatic heterocycles. The van der Waals surface area contributed by atoms with Crippen molar-refractivity contribution in [3.05, 3.63) is 29.3 Å². The molecular weight excluding hydrogens is 244 g/mol. The smallest absolute Gasteiger partial charge is 0.0426 e. The Morgan fingerprint density at radius 1 is 1.50 bits per heavy atom. The van der Waals surface area contributed by atoms with Crippen LogP contribution in [0.15, 0.2) is 24.3 Å². The van der Waals surface area contributed by atoms with Gasteiger partial charge in [-0.25, -0.2) is 0 Å². The summed E-state index contributed by atoms with van der Waals surface area (Å²) in [7, 11) is 0. The Balaban J connectivity index is 2.11. The molecule has 1 fully saturated rings. The number of anilines is 1. The number of nitrogens with one attached hydrogen (secondary N) is 1. The summed E-state index contributed by atoms with van der Waals surface area (Å²) < 4.78 is 0. The van der Waals surface area contributed by atoms with E-state index in [0.29, 0.717) is 12.0 Å². The van der Waals surface area contributed by atoms with E-state index >= 15 is 0 Å². The van der Waals surface area contributed by atoms with Crippen molar-refractivity contribution in [3.63, 3.8) is 0 Å². The number of rotatable bonds is 3. The third-order valence-corrected chi connectivity index (χ3v) is 4.17. The summed E-state index contributed by atoms with van der Waals surface area (Å²) in [5, 5.41) is 4.50. The fourth-order valence-electron chi connectivity index (χ4n) is 2.52. The molecule has 0 radical (unpaired) electrons. The number of hydrogen-bond acceptors (Lipinski definition) is 2. The zero-order valence-electron chi connectivity index (χ0n) is 11.3. The van der Waals surface area contributed by atoms with Gasteiger partial charge in [0.15, 0.2) is 0 Å². The summed E-state index contributed by atoms with van der Waals surface area (Å²) in [6.07, 6.45) is 2.42. The molecule has 1 aromatic carbocycles. The van der Waals surface area contributed by atoms with Gasteiger partial charge in [0.25, 0.3) is 0 Å². The minimum atomic E-state index is 0.580. The maximum atomic E-state index is 6.09. The molecule has 1 aromatic rings. The maximum Gasteiger partial charge on any atom is 0.0426 e. The predicted molar refractivity (Wildman–Crippen MR) is 79.5 cm³/mol. The van der Waals surface area contributed by atoms with Gasteiger partial charge in [-0.2, -0.15) is 0 Å². The van der Waals surface area contributed by atoms with E-state index in [9.17, 15) is 0 Å². The Labute approximate surface area is 115 Å². The van der Waals surface area contributed by atoms with Crippen molar-refractivity contribution in [3.8, 4) is 0 Å². The largest absolute Gasteiger partial charge is 0.370 e. The lowest BCUT2D eigenvalue weighted by atomic mass is 9.99. The van der Waals surface area contributed by atoms with E-state index in [1.54, 1.807) is 0 Å². The second kappa shape index (κ2) is 6.44. The van der Waals surface area contributed by atoms with Crippen LogP contribution in [0, 0.1) is 5.92 Å². The Hall–Kier alpha value is -0.730. The van der Waals surface area contributed by atoms with Crippen LogP contribution in [-0.2, 0) is 0 Å². The molecule has 100 valence electrons. The summed E-state index contributed by atoms with van der Waals surface area (Å²) >= 11 is 6.09. The molecule has 1 N–H and O–H groups in total. The molecule has 0 saturated carbocycles. The van der Waals surface area contributed by atoms with Crippen molar-refractivity contribution in [2.45, 2.75) is 32.7 Å². The molecular formula is C15H23ClN2. The number of benzene rings is 1. The van der Waals surface area contributed by atoms with E-state index in [4.69, 9.17) is 11.6 Å². The molecule has 1 aliphatic rings. The molecule has 2 atom stereocenters. The Bertz CT molecular complexity index is 381. The Kier molecular flexibility index (Phi) is 4.90. The average Bonchev–Trinajstić information content (AvgIpc) is 2.63. The summed E-state index contributed by atoms with van der Waals surface area (Å²) in [5.41, 5.74) is 1.25. The van der Waals surface area contributed by atoms with Gasteiger partial charge in [-0.1, -0.05) is 37.9 Å². The van der Waals surface area contributed by atoms with Gasteiger partial charge in [0.1, 0.15) is 0 Å². The standard InChI is InChI=1S/C15H23ClN2/c1-3-12(2)15-11-18(9-5-8-17-15)14-7-4-6-13(16)10-14/h4,6-7,10,12,15,17H,3,5,8-9,11H2,1-2H3. The van der Waals surface area contributed by atoms with Gasteiger partial charge in [-0.15, -0.1) is 0 Å². The number of nitrogens with zero attached hydrogens (tertiary/aromatic N) is 1. The first kappa shape index (κ1) is 13.7. The molecule has 2 nitrogen and oxygen atoms in total. The predicted octanol–water partition coefficient (Wildman–Crippen LogP) is 3.55. The van der Waals surface area contributed by atoms with Gasteiger partial charge in [0.2, 0.25) is 0 Å². The third-order valence-electron chi connectivity index (χ3n) is 3.93. The first-order chi connectivity index (χ1) is 8.70. The molecule has 2 rings (SSSR count). The van der Waals surface area contributed by atoms with Crippen LogP contribution in [0.4, 0.5) is 5.69 Å². The van der Waals surface area contributed by atoms with E-state index in [1.165, 1.54) is 18.5 Å².